The van der Waals surface area contributed by atoms with E-state index in [4.69, 9.17) is 10.5 Å². The topological polar surface area (TPSA) is 47.3 Å². The van der Waals surface area contributed by atoms with Gasteiger partial charge in [-0.3, -0.25) is 0 Å². The van der Waals surface area contributed by atoms with E-state index in [2.05, 4.69) is 19.2 Å². The van der Waals surface area contributed by atoms with Crippen molar-refractivity contribution in [1.82, 2.24) is 5.32 Å². The van der Waals surface area contributed by atoms with Crippen LogP contribution in [0.4, 0.5) is 0 Å². The average Bonchev–Trinajstić information content (AvgIpc) is 2.25. The number of rotatable bonds is 6. The first kappa shape index (κ1) is 12.9. The number of nitrogens with two attached hydrogens (primary N) is 1. The fourth-order valence-electron chi connectivity index (χ4n) is 2.10. The Labute approximate surface area is 93.8 Å². The van der Waals surface area contributed by atoms with Crippen molar-refractivity contribution in [3.63, 3.8) is 0 Å². The smallest absolute Gasteiger partial charge is 0.0468 e. The molecule has 3 nitrogen and oxygen atoms in total. The Morgan fingerprint density at radius 3 is 2.53 bits per heavy atom. The zero-order valence-corrected chi connectivity index (χ0v) is 10.2. The molecule has 0 aliphatic carbocycles. The van der Waals surface area contributed by atoms with Crippen molar-refractivity contribution in [3.8, 4) is 0 Å². The van der Waals surface area contributed by atoms with E-state index in [9.17, 15) is 0 Å². The normalized spacial score (nSPS) is 20.8. The predicted molar refractivity (Wildman–Crippen MR) is 63.8 cm³/mol. The first-order chi connectivity index (χ1) is 7.24. The largest absolute Gasteiger partial charge is 0.381 e. The molecule has 0 spiro atoms. The molecule has 0 aromatic heterocycles. The van der Waals surface area contributed by atoms with Crippen molar-refractivity contribution in [2.75, 3.05) is 26.3 Å². The SMILES string of the molecule is CC(C)C(CN)NCCC1CCOCC1. The van der Waals surface area contributed by atoms with E-state index in [-0.39, 0.29) is 0 Å². The second-order valence-electron chi connectivity index (χ2n) is 4.88. The lowest BCUT2D eigenvalue weighted by Gasteiger charge is -2.25. The van der Waals surface area contributed by atoms with Crippen LogP contribution in [0.2, 0.25) is 0 Å². The molecule has 1 fully saturated rings. The standard InChI is InChI=1S/C12H26N2O/c1-10(2)12(9-13)14-6-3-11-4-7-15-8-5-11/h10-12,14H,3-9,13H2,1-2H3. The molecule has 3 heteroatoms. The average molecular weight is 214 g/mol. The summed E-state index contributed by atoms with van der Waals surface area (Å²) in [5.74, 6) is 1.49. The summed E-state index contributed by atoms with van der Waals surface area (Å²) in [5.41, 5.74) is 5.71. The summed E-state index contributed by atoms with van der Waals surface area (Å²) >= 11 is 0. The summed E-state index contributed by atoms with van der Waals surface area (Å²) in [6.45, 7) is 8.19. The molecule has 0 amide bonds. The molecular formula is C12H26N2O. The first-order valence-corrected chi connectivity index (χ1v) is 6.25. The monoisotopic (exact) mass is 214 g/mol. The molecule has 1 atom stereocenters. The Balaban J connectivity index is 2.08. The fraction of sp³-hybridized carbons (Fsp3) is 1.00. The van der Waals surface area contributed by atoms with Crippen LogP contribution < -0.4 is 11.1 Å². The van der Waals surface area contributed by atoms with Gasteiger partial charge in [-0.1, -0.05) is 13.8 Å². The van der Waals surface area contributed by atoms with Crippen LogP contribution in [0.25, 0.3) is 0 Å². The minimum atomic E-state index is 0.477. The van der Waals surface area contributed by atoms with E-state index in [1.54, 1.807) is 0 Å². The van der Waals surface area contributed by atoms with Crippen molar-refractivity contribution >= 4 is 0 Å². The molecule has 15 heavy (non-hydrogen) atoms. The van der Waals surface area contributed by atoms with Gasteiger partial charge in [0.1, 0.15) is 0 Å². The summed E-state index contributed by atoms with van der Waals surface area (Å²) in [6, 6.07) is 0.477. The van der Waals surface area contributed by atoms with Crippen molar-refractivity contribution < 1.29 is 4.74 Å². The van der Waals surface area contributed by atoms with Crippen LogP contribution in [0.15, 0.2) is 0 Å². The highest BCUT2D eigenvalue weighted by atomic mass is 16.5. The zero-order chi connectivity index (χ0) is 11.1. The van der Waals surface area contributed by atoms with Crippen LogP contribution in [-0.2, 0) is 4.74 Å². The lowest BCUT2D eigenvalue weighted by atomic mass is 9.96. The summed E-state index contributed by atoms with van der Waals surface area (Å²) in [6.07, 6.45) is 3.74. The molecule has 0 radical (unpaired) electrons. The van der Waals surface area contributed by atoms with E-state index >= 15 is 0 Å². The predicted octanol–water partition coefficient (Wildman–Crippen LogP) is 1.38. The van der Waals surface area contributed by atoms with Gasteiger partial charge in [0.15, 0.2) is 0 Å². The Morgan fingerprint density at radius 1 is 1.33 bits per heavy atom. The highest BCUT2D eigenvalue weighted by Crippen LogP contribution is 2.17. The molecule has 0 aromatic rings. The maximum atomic E-state index is 5.71. The van der Waals surface area contributed by atoms with Crippen molar-refractivity contribution in [2.24, 2.45) is 17.6 Å². The van der Waals surface area contributed by atoms with Crippen molar-refractivity contribution in [2.45, 2.75) is 39.2 Å². The van der Waals surface area contributed by atoms with Gasteiger partial charge >= 0.3 is 0 Å². The van der Waals surface area contributed by atoms with Gasteiger partial charge in [-0.05, 0) is 37.6 Å². The molecule has 1 aliphatic rings. The van der Waals surface area contributed by atoms with E-state index in [0.717, 1.165) is 32.2 Å². The van der Waals surface area contributed by atoms with Gasteiger partial charge in [0.25, 0.3) is 0 Å². The van der Waals surface area contributed by atoms with Gasteiger partial charge in [-0.25, -0.2) is 0 Å². The van der Waals surface area contributed by atoms with Gasteiger partial charge in [-0.2, -0.15) is 0 Å². The lowest BCUT2D eigenvalue weighted by molar-refractivity contribution is 0.0636. The molecule has 0 aromatic carbocycles. The van der Waals surface area contributed by atoms with E-state index in [1.165, 1.54) is 19.3 Å². The molecule has 1 heterocycles. The first-order valence-electron chi connectivity index (χ1n) is 6.25. The maximum absolute atomic E-state index is 5.71. The summed E-state index contributed by atoms with van der Waals surface area (Å²) < 4.78 is 5.35. The molecule has 0 bridgehead atoms. The van der Waals surface area contributed by atoms with Crippen LogP contribution in [0, 0.1) is 11.8 Å². The lowest BCUT2D eigenvalue weighted by Crippen LogP contribution is -2.41. The summed E-state index contributed by atoms with van der Waals surface area (Å²) in [5, 5.41) is 3.55. The van der Waals surface area contributed by atoms with E-state index < -0.39 is 0 Å². The van der Waals surface area contributed by atoms with Gasteiger partial charge in [0, 0.05) is 25.8 Å². The molecule has 1 saturated heterocycles. The molecular weight excluding hydrogens is 188 g/mol. The van der Waals surface area contributed by atoms with Gasteiger partial charge < -0.3 is 15.8 Å². The van der Waals surface area contributed by atoms with Crippen LogP contribution in [-0.4, -0.2) is 32.3 Å². The van der Waals surface area contributed by atoms with Gasteiger partial charge in [0.2, 0.25) is 0 Å². The molecule has 1 aliphatic heterocycles. The van der Waals surface area contributed by atoms with Crippen LogP contribution in [0.3, 0.4) is 0 Å². The van der Waals surface area contributed by atoms with Gasteiger partial charge in [-0.15, -0.1) is 0 Å². The molecule has 0 saturated carbocycles. The quantitative estimate of drug-likeness (QED) is 0.702. The maximum Gasteiger partial charge on any atom is 0.0468 e. The fourth-order valence-corrected chi connectivity index (χ4v) is 2.10. The van der Waals surface area contributed by atoms with E-state index in [0.29, 0.717) is 12.0 Å². The minimum Gasteiger partial charge on any atom is -0.381 e. The Kier molecular flexibility index (Phi) is 6.22. The van der Waals surface area contributed by atoms with Gasteiger partial charge in [0.05, 0.1) is 0 Å². The van der Waals surface area contributed by atoms with Crippen LogP contribution in [0.1, 0.15) is 33.1 Å². The highest BCUT2D eigenvalue weighted by Gasteiger charge is 2.15. The zero-order valence-electron chi connectivity index (χ0n) is 10.2. The van der Waals surface area contributed by atoms with E-state index in [1.807, 2.05) is 0 Å². The molecule has 90 valence electrons. The number of hydrogen-bond acceptors (Lipinski definition) is 3. The minimum absolute atomic E-state index is 0.477. The Morgan fingerprint density at radius 2 is 2.00 bits per heavy atom. The molecule has 1 unspecified atom stereocenters. The Bertz CT molecular complexity index is 156. The third-order valence-corrected chi connectivity index (χ3v) is 3.36. The third-order valence-electron chi connectivity index (χ3n) is 3.36. The molecule has 1 rings (SSSR count). The van der Waals surface area contributed by atoms with Crippen molar-refractivity contribution in [3.05, 3.63) is 0 Å². The third kappa shape index (κ3) is 4.96. The second-order valence-corrected chi connectivity index (χ2v) is 4.88. The summed E-state index contributed by atoms with van der Waals surface area (Å²) in [7, 11) is 0. The van der Waals surface area contributed by atoms with Crippen molar-refractivity contribution in [1.29, 1.82) is 0 Å². The molecule has 3 N–H and O–H groups in total. The number of ether oxygens (including phenoxy) is 1. The second kappa shape index (κ2) is 7.20. The van der Waals surface area contributed by atoms with Crippen LogP contribution >= 0.6 is 0 Å². The van der Waals surface area contributed by atoms with Crippen LogP contribution in [0.5, 0.6) is 0 Å². The highest BCUT2D eigenvalue weighted by molar-refractivity contribution is 4.72. The number of nitrogens with one attached hydrogen (secondary N) is 1. The summed E-state index contributed by atoms with van der Waals surface area (Å²) in [4.78, 5) is 0. The number of hydrogen-bond donors (Lipinski definition) is 2. The Hall–Kier alpha value is -0.120.